The van der Waals surface area contributed by atoms with Gasteiger partial charge in [0.1, 0.15) is 5.75 Å². The molecule has 1 unspecified atom stereocenters. The molecule has 0 radical (unpaired) electrons. The van der Waals surface area contributed by atoms with Gasteiger partial charge in [-0.05, 0) is 38.9 Å². The Kier molecular flexibility index (Phi) is 8.40. The van der Waals surface area contributed by atoms with Crippen LogP contribution in [0.25, 0.3) is 0 Å². The molecule has 0 saturated carbocycles. The van der Waals surface area contributed by atoms with Crippen molar-refractivity contribution in [1.82, 2.24) is 4.90 Å². The molecule has 2 N–H and O–H groups in total. The fraction of sp³-hybridized carbons (Fsp3) is 0.667. The molecule has 1 aromatic rings. The topological polar surface area (TPSA) is 38.5 Å². The summed E-state index contributed by atoms with van der Waals surface area (Å²) < 4.78 is 5.47. The van der Waals surface area contributed by atoms with Crippen molar-refractivity contribution in [2.45, 2.75) is 52.5 Å². The van der Waals surface area contributed by atoms with Crippen LogP contribution in [0.4, 0.5) is 0 Å². The molecule has 0 fully saturated rings. The third kappa shape index (κ3) is 6.06. The number of hydrogen-bond donors (Lipinski definition) is 1. The number of aryl methyl sites for hydroxylation is 1. The van der Waals surface area contributed by atoms with Crippen molar-refractivity contribution in [3.63, 3.8) is 0 Å². The summed E-state index contributed by atoms with van der Waals surface area (Å²) in [4.78, 5) is 2.50. The molecule has 1 rings (SSSR count). The number of methoxy groups -OCH3 is 1. The van der Waals surface area contributed by atoms with Crippen LogP contribution in [0.1, 0.15) is 56.7 Å². The van der Waals surface area contributed by atoms with Gasteiger partial charge in [0.25, 0.3) is 0 Å². The van der Waals surface area contributed by atoms with Crippen molar-refractivity contribution in [1.29, 1.82) is 0 Å². The summed E-state index contributed by atoms with van der Waals surface area (Å²) in [6, 6.07) is 6.25. The highest BCUT2D eigenvalue weighted by atomic mass is 16.5. The Bertz CT molecular complexity index is 398. The first-order chi connectivity index (χ1) is 10.1. The maximum absolute atomic E-state index is 6.46. The number of ether oxygens (including phenoxy) is 1. The lowest BCUT2D eigenvalue weighted by atomic mass is 10.0. The number of rotatable bonds is 10. The molecule has 0 aliphatic rings. The summed E-state index contributed by atoms with van der Waals surface area (Å²) in [5.74, 6) is 0.902. The smallest absolute Gasteiger partial charge is 0.123 e. The zero-order chi connectivity index (χ0) is 15.7. The molecular formula is C18H32N2O. The van der Waals surface area contributed by atoms with Crippen LogP contribution in [-0.4, -0.2) is 31.6 Å². The monoisotopic (exact) mass is 292 g/mol. The quantitative estimate of drug-likeness (QED) is 0.710. The summed E-state index contributed by atoms with van der Waals surface area (Å²) in [7, 11) is 1.72. The molecule has 120 valence electrons. The van der Waals surface area contributed by atoms with Crippen molar-refractivity contribution >= 4 is 0 Å². The Morgan fingerprint density at radius 2 is 1.76 bits per heavy atom. The van der Waals surface area contributed by atoms with Crippen LogP contribution in [0.3, 0.4) is 0 Å². The van der Waals surface area contributed by atoms with E-state index in [2.05, 4.69) is 37.8 Å². The molecule has 21 heavy (non-hydrogen) atoms. The third-order valence-corrected chi connectivity index (χ3v) is 3.90. The SMILES string of the molecule is CCCCN(CCCC)CC(N)c1cc(C)ccc1OC. The zero-order valence-corrected chi connectivity index (χ0v) is 14.2. The molecular weight excluding hydrogens is 260 g/mol. The predicted octanol–water partition coefficient (Wildman–Crippen LogP) is 3.91. The van der Waals surface area contributed by atoms with Gasteiger partial charge in [0.05, 0.1) is 7.11 Å². The minimum absolute atomic E-state index is 0.00793. The molecule has 0 amide bonds. The van der Waals surface area contributed by atoms with Crippen LogP contribution in [0.15, 0.2) is 18.2 Å². The molecule has 3 heteroatoms. The van der Waals surface area contributed by atoms with E-state index >= 15 is 0 Å². The maximum atomic E-state index is 6.46. The highest BCUT2D eigenvalue weighted by Gasteiger charge is 2.16. The Balaban J connectivity index is 2.75. The van der Waals surface area contributed by atoms with Crippen molar-refractivity contribution in [2.75, 3.05) is 26.7 Å². The van der Waals surface area contributed by atoms with Crippen LogP contribution < -0.4 is 10.5 Å². The van der Waals surface area contributed by atoms with Gasteiger partial charge in [-0.3, -0.25) is 0 Å². The molecule has 0 heterocycles. The van der Waals surface area contributed by atoms with Crippen molar-refractivity contribution in [3.05, 3.63) is 29.3 Å². The first-order valence-electron chi connectivity index (χ1n) is 8.24. The first-order valence-corrected chi connectivity index (χ1v) is 8.24. The Hall–Kier alpha value is -1.06. The van der Waals surface area contributed by atoms with E-state index < -0.39 is 0 Å². The van der Waals surface area contributed by atoms with E-state index in [1.807, 2.05) is 6.07 Å². The van der Waals surface area contributed by atoms with Gasteiger partial charge < -0.3 is 15.4 Å². The van der Waals surface area contributed by atoms with E-state index in [1.54, 1.807) is 7.11 Å². The normalized spacial score (nSPS) is 12.7. The standard InChI is InChI=1S/C18H32N2O/c1-5-7-11-20(12-8-6-2)14-17(19)16-13-15(3)9-10-18(16)21-4/h9-10,13,17H,5-8,11-12,14,19H2,1-4H3. The molecule has 1 atom stereocenters. The number of benzene rings is 1. The summed E-state index contributed by atoms with van der Waals surface area (Å²) in [6.45, 7) is 9.75. The highest BCUT2D eigenvalue weighted by molar-refractivity contribution is 5.39. The lowest BCUT2D eigenvalue weighted by molar-refractivity contribution is 0.248. The molecule has 0 aliphatic heterocycles. The van der Waals surface area contributed by atoms with Crippen molar-refractivity contribution in [2.24, 2.45) is 5.73 Å². The zero-order valence-electron chi connectivity index (χ0n) is 14.2. The van der Waals surface area contributed by atoms with Gasteiger partial charge in [0, 0.05) is 18.2 Å². The Morgan fingerprint density at radius 1 is 1.14 bits per heavy atom. The lowest BCUT2D eigenvalue weighted by Gasteiger charge is -2.26. The van der Waals surface area contributed by atoms with Gasteiger partial charge in [0.2, 0.25) is 0 Å². The van der Waals surface area contributed by atoms with Gasteiger partial charge in [-0.1, -0.05) is 44.4 Å². The van der Waals surface area contributed by atoms with E-state index in [0.29, 0.717) is 0 Å². The van der Waals surface area contributed by atoms with Crippen LogP contribution >= 0.6 is 0 Å². The van der Waals surface area contributed by atoms with E-state index in [1.165, 1.54) is 31.2 Å². The fourth-order valence-electron chi connectivity index (χ4n) is 2.58. The highest BCUT2D eigenvalue weighted by Crippen LogP contribution is 2.25. The molecule has 0 bridgehead atoms. The Morgan fingerprint density at radius 3 is 2.29 bits per heavy atom. The van der Waals surface area contributed by atoms with Crippen molar-refractivity contribution < 1.29 is 4.74 Å². The maximum Gasteiger partial charge on any atom is 0.123 e. The van der Waals surface area contributed by atoms with Gasteiger partial charge in [-0.2, -0.15) is 0 Å². The average Bonchev–Trinajstić information content (AvgIpc) is 2.49. The second-order valence-electron chi connectivity index (χ2n) is 5.86. The minimum atomic E-state index is 0.00793. The number of nitrogens with zero attached hydrogens (tertiary/aromatic N) is 1. The van der Waals surface area contributed by atoms with Gasteiger partial charge in [0.15, 0.2) is 0 Å². The summed E-state index contributed by atoms with van der Waals surface area (Å²) in [5, 5.41) is 0. The molecule has 0 aliphatic carbocycles. The van der Waals surface area contributed by atoms with Crippen LogP contribution in [0, 0.1) is 6.92 Å². The van der Waals surface area contributed by atoms with Gasteiger partial charge in [-0.25, -0.2) is 0 Å². The number of hydrogen-bond acceptors (Lipinski definition) is 3. The van der Waals surface area contributed by atoms with Crippen molar-refractivity contribution in [3.8, 4) is 5.75 Å². The summed E-state index contributed by atoms with van der Waals surface area (Å²) in [6.07, 6.45) is 4.93. The summed E-state index contributed by atoms with van der Waals surface area (Å²) >= 11 is 0. The second kappa shape index (κ2) is 9.80. The molecule has 0 saturated heterocycles. The van der Waals surface area contributed by atoms with Crippen LogP contribution in [0.5, 0.6) is 5.75 Å². The first kappa shape index (κ1) is 18.0. The van der Waals surface area contributed by atoms with Gasteiger partial charge in [-0.15, -0.1) is 0 Å². The fourth-order valence-corrected chi connectivity index (χ4v) is 2.58. The van der Waals surface area contributed by atoms with Gasteiger partial charge >= 0.3 is 0 Å². The number of unbranched alkanes of at least 4 members (excludes halogenated alkanes) is 2. The van der Waals surface area contributed by atoms with E-state index in [4.69, 9.17) is 10.5 Å². The molecule has 0 aromatic heterocycles. The van der Waals surface area contributed by atoms with Crippen LogP contribution in [0.2, 0.25) is 0 Å². The minimum Gasteiger partial charge on any atom is -0.496 e. The second-order valence-corrected chi connectivity index (χ2v) is 5.86. The number of nitrogens with two attached hydrogens (primary N) is 1. The van der Waals surface area contributed by atoms with E-state index in [9.17, 15) is 0 Å². The van der Waals surface area contributed by atoms with Crippen LogP contribution in [-0.2, 0) is 0 Å². The lowest BCUT2D eigenvalue weighted by Crippen LogP contribution is -2.34. The summed E-state index contributed by atoms with van der Waals surface area (Å²) in [5.41, 5.74) is 8.82. The largest absolute Gasteiger partial charge is 0.496 e. The average molecular weight is 292 g/mol. The molecule has 1 aromatic carbocycles. The molecule has 0 spiro atoms. The van der Waals surface area contributed by atoms with E-state index in [-0.39, 0.29) is 6.04 Å². The third-order valence-electron chi connectivity index (χ3n) is 3.90. The van der Waals surface area contributed by atoms with E-state index in [0.717, 1.165) is 30.9 Å². The predicted molar refractivity (Wildman–Crippen MR) is 90.9 cm³/mol. The Labute approximate surface area is 130 Å². The molecule has 3 nitrogen and oxygen atoms in total.